The number of rotatable bonds is 14. The van der Waals surface area contributed by atoms with Crippen molar-refractivity contribution in [1.82, 2.24) is 20.3 Å². The van der Waals surface area contributed by atoms with E-state index in [1.54, 1.807) is 37.3 Å². The van der Waals surface area contributed by atoms with Crippen LogP contribution in [-0.4, -0.2) is 62.9 Å². The average molecular weight is 791 g/mol. The van der Waals surface area contributed by atoms with Gasteiger partial charge in [-0.25, -0.2) is 19.7 Å². The molecule has 3 heterocycles. The van der Waals surface area contributed by atoms with E-state index in [9.17, 15) is 50.9 Å². The summed E-state index contributed by atoms with van der Waals surface area (Å²) in [7, 11) is 1.32. The summed E-state index contributed by atoms with van der Waals surface area (Å²) in [5, 5.41) is 25.6. The number of carbonyl (C=O) groups excluding carboxylic acids is 1. The molecule has 1 amide bonds. The number of esters is 1. The van der Waals surface area contributed by atoms with Gasteiger partial charge in [0.25, 0.3) is 0 Å². The van der Waals surface area contributed by atoms with Crippen molar-refractivity contribution in [1.29, 1.82) is 0 Å². The van der Waals surface area contributed by atoms with E-state index >= 15 is 0 Å². The SMILES string of the molecule is CC[C@@H]1C[C@H](NC(c2cc(C(F)(F)F)cc(C(F)(F)F)c2)c2ncc(NCCC(C(=O)O)C(=O)OCc3ccccc3)cn2)c2nc(OC)ccc2N1C(=O)O. The number of hydrogen-bond donors (Lipinski definition) is 4. The Hall–Kier alpha value is -5.98. The van der Waals surface area contributed by atoms with Crippen molar-refractivity contribution in [2.75, 3.05) is 23.9 Å². The molecule has 0 aliphatic carbocycles. The van der Waals surface area contributed by atoms with Gasteiger partial charge in [0, 0.05) is 18.7 Å². The quantitative estimate of drug-likeness (QED) is 0.0573. The van der Waals surface area contributed by atoms with Crippen molar-refractivity contribution in [3.05, 3.63) is 107 Å². The highest BCUT2D eigenvalue weighted by atomic mass is 19.4. The molecule has 4 N–H and O–H groups in total. The number of nitrogens with zero attached hydrogens (tertiary/aromatic N) is 4. The third-order valence-corrected chi connectivity index (χ3v) is 9.04. The Kier molecular flexibility index (Phi) is 12.7. The smallest absolute Gasteiger partial charge is 0.416 e. The maximum atomic E-state index is 14.0. The summed E-state index contributed by atoms with van der Waals surface area (Å²) in [5.74, 6) is -4.09. The van der Waals surface area contributed by atoms with E-state index in [1.807, 2.05) is 0 Å². The molecule has 298 valence electrons. The first-order valence-corrected chi connectivity index (χ1v) is 17.1. The Morgan fingerprint density at radius 2 is 1.59 bits per heavy atom. The molecule has 1 aliphatic heterocycles. The Labute approximate surface area is 315 Å². The molecule has 13 nitrogen and oxygen atoms in total. The van der Waals surface area contributed by atoms with Crippen LogP contribution in [0.5, 0.6) is 5.88 Å². The second kappa shape index (κ2) is 17.2. The minimum atomic E-state index is -5.17. The maximum absolute atomic E-state index is 14.0. The molecule has 4 atom stereocenters. The monoisotopic (exact) mass is 790 g/mol. The van der Waals surface area contributed by atoms with E-state index in [0.29, 0.717) is 24.1 Å². The maximum Gasteiger partial charge on any atom is 0.416 e. The third-order valence-electron chi connectivity index (χ3n) is 9.04. The number of carboxylic acid groups (broad SMARTS) is 2. The lowest BCUT2D eigenvalue weighted by molar-refractivity contribution is -0.159. The summed E-state index contributed by atoms with van der Waals surface area (Å²) in [6.45, 7) is 1.50. The first-order valence-electron chi connectivity index (χ1n) is 17.1. The summed E-state index contributed by atoms with van der Waals surface area (Å²) in [4.78, 5) is 50.7. The van der Waals surface area contributed by atoms with Crippen LogP contribution in [-0.2, 0) is 33.3 Å². The topological polar surface area (TPSA) is 176 Å². The van der Waals surface area contributed by atoms with Crippen molar-refractivity contribution in [3.63, 3.8) is 0 Å². The molecule has 0 fully saturated rings. The normalized spacial score (nSPS) is 16.7. The summed E-state index contributed by atoms with van der Waals surface area (Å²) in [6, 6.07) is 9.43. The number of pyridine rings is 1. The van der Waals surface area contributed by atoms with Gasteiger partial charge in [0.05, 0.1) is 59.8 Å². The second-order valence-corrected chi connectivity index (χ2v) is 12.7. The van der Waals surface area contributed by atoms with Crippen LogP contribution in [0.1, 0.15) is 72.0 Å². The highest BCUT2D eigenvalue weighted by Gasteiger charge is 2.41. The summed E-state index contributed by atoms with van der Waals surface area (Å²) in [5.41, 5.74) is -2.56. The number of benzene rings is 2. The van der Waals surface area contributed by atoms with Gasteiger partial charge in [-0.15, -0.1) is 0 Å². The molecule has 56 heavy (non-hydrogen) atoms. The lowest BCUT2D eigenvalue weighted by Crippen LogP contribution is -2.47. The zero-order valence-corrected chi connectivity index (χ0v) is 29.8. The van der Waals surface area contributed by atoms with E-state index in [4.69, 9.17) is 9.47 Å². The standard InChI is InChI=1S/C37H36F6N6O7/c1-3-25-16-27(31-28(49(25)35(53)54)9-10-29(48-31)55-2)47-30(21-13-22(36(38,39)40)15-23(14-21)37(41,42)43)32-45-17-24(18-46-32)44-12-11-26(33(50)51)34(52)56-19-20-7-5-4-6-8-20/h4-10,13-15,17-18,25-27,30,44,47H,3,11-12,16,19H2,1-2H3,(H,50,51)(H,53,54)/t25-,26?,27+,30?/m1/s1. The number of anilines is 2. The summed E-state index contributed by atoms with van der Waals surface area (Å²) >= 11 is 0. The van der Waals surface area contributed by atoms with Gasteiger partial charge in [-0.2, -0.15) is 26.3 Å². The zero-order chi connectivity index (χ0) is 40.8. The lowest BCUT2D eigenvalue weighted by atomic mass is 9.91. The summed E-state index contributed by atoms with van der Waals surface area (Å²) in [6.07, 6.45) is -9.16. The predicted octanol–water partition coefficient (Wildman–Crippen LogP) is 7.25. The van der Waals surface area contributed by atoms with Gasteiger partial charge >= 0.3 is 30.4 Å². The van der Waals surface area contributed by atoms with Crippen LogP contribution in [0.4, 0.5) is 42.5 Å². The lowest BCUT2D eigenvalue weighted by Gasteiger charge is -2.39. The van der Waals surface area contributed by atoms with Crippen molar-refractivity contribution < 1.29 is 60.4 Å². The molecule has 19 heteroatoms. The Morgan fingerprint density at radius 1 is 0.946 bits per heavy atom. The molecule has 0 spiro atoms. The molecular weight excluding hydrogens is 754 g/mol. The molecule has 4 aromatic rings. The van der Waals surface area contributed by atoms with E-state index in [0.717, 1.165) is 4.90 Å². The molecule has 1 aliphatic rings. The van der Waals surface area contributed by atoms with Gasteiger partial charge < -0.3 is 25.0 Å². The largest absolute Gasteiger partial charge is 0.481 e. The number of aromatic nitrogens is 3. The first kappa shape index (κ1) is 41.2. The van der Waals surface area contributed by atoms with Crippen molar-refractivity contribution in [2.24, 2.45) is 5.92 Å². The number of halogens is 6. The van der Waals surface area contributed by atoms with Gasteiger partial charge in [0.15, 0.2) is 5.92 Å². The van der Waals surface area contributed by atoms with Gasteiger partial charge in [0.1, 0.15) is 12.4 Å². The number of carboxylic acids is 1. The molecule has 2 aromatic heterocycles. The Morgan fingerprint density at radius 3 is 2.14 bits per heavy atom. The van der Waals surface area contributed by atoms with Crippen molar-refractivity contribution in [3.8, 4) is 5.88 Å². The molecule has 0 saturated carbocycles. The number of carbonyl (C=O) groups is 3. The van der Waals surface area contributed by atoms with Crippen molar-refractivity contribution in [2.45, 2.75) is 63.3 Å². The van der Waals surface area contributed by atoms with Gasteiger partial charge in [-0.1, -0.05) is 37.3 Å². The molecule has 2 unspecified atom stereocenters. The number of fused-ring (bicyclic) bond motifs is 1. The molecule has 2 aromatic carbocycles. The van der Waals surface area contributed by atoms with E-state index in [1.165, 1.54) is 31.6 Å². The number of hydrogen-bond acceptors (Lipinski definition) is 10. The van der Waals surface area contributed by atoms with Crippen LogP contribution in [0.3, 0.4) is 0 Å². The van der Waals surface area contributed by atoms with Crippen LogP contribution in [0.2, 0.25) is 0 Å². The highest BCUT2D eigenvalue weighted by molar-refractivity contribution is 5.94. The number of amides is 1. The van der Waals surface area contributed by atoms with Crippen LogP contribution in [0, 0.1) is 5.92 Å². The van der Waals surface area contributed by atoms with E-state index in [2.05, 4.69) is 25.6 Å². The van der Waals surface area contributed by atoms with Crippen molar-refractivity contribution >= 4 is 29.4 Å². The van der Waals surface area contributed by atoms with Crippen LogP contribution in [0.15, 0.2) is 73.1 Å². The minimum Gasteiger partial charge on any atom is -0.481 e. The number of methoxy groups -OCH3 is 1. The molecule has 5 rings (SSSR count). The molecule has 0 saturated heterocycles. The van der Waals surface area contributed by atoms with Crippen LogP contribution >= 0.6 is 0 Å². The number of alkyl halides is 6. The molecular formula is C37H36F6N6O7. The van der Waals surface area contributed by atoms with Crippen LogP contribution < -0.4 is 20.3 Å². The van der Waals surface area contributed by atoms with Gasteiger partial charge in [-0.3, -0.25) is 19.8 Å². The third kappa shape index (κ3) is 9.81. The van der Waals surface area contributed by atoms with E-state index in [-0.39, 0.29) is 60.8 Å². The minimum absolute atomic E-state index is 0.00351. The fourth-order valence-electron chi connectivity index (χ4n) is 6.24. The number of ether oxygens (including phenoxy) is 2. The fourth-order valence-corrected chi connectivity index (χ4v) is 6.24. The predicted molar refractivity (Wildman–Crippen MR) is 187 cm³/mol. The van der Waals surface area contributed by atoms with Gasteiger partial charge in [0.2, 0.25) is 5.88 Å². The van der Waals surface area contributed by atoms with Gasteiger partial charge in [-0.05, 0) is 54.7 Å². The highest BCUT2D eigenvalue weighted by Crippen LogP contribution is 2.42. The number of nitrogens with one attached hydrogen (secondary N) is 2. The first-order chi connectivity index (χ1) is 26.5. The summed E-state index contributed by atoms with van der Waals surface area (Å²) < 4.78 is 94.6. The fraction of sp³-hybridized carbons (Fsp3) is 0.351. The Balaban J connectivity index is 1.46. The number of aliphatic carboxylic acids is 1. The van der Waals surface area contributed by atoms with E-state index < -0.39 is 71.1 Å². The Bertz CT molecular complexity index is 1990. The molecule has 0 bridgehead atoms. The molecule has 0 radical (unpaired) electrons. The zero-order valence-electron chi connectivity index (χ0n) is 29.8. The van der Waals surface area contributed by atoms with Crippen LogP contribution in [0.25, 0.3) is 0 Å². The second-order valence-electron chi connectivity index (χ2n) is 12.7. The average Bonchev–Trinajstić information content (AvgIpc) is 3.16.